The first-order valence-corrected chi connectivity index (χ1v) is 8.57. The second-order valence-corrected chi connectivity index (χ2v) is 5.68. The fourth-order valence-electron chi connectivity index (χ4n) is 2.10. The Balaban J connectivity index is 0.00000242. The summed E-state index contributed by atoms with van der Waals surface area (Å²) in [5.41, 5.74) is 2.16. The highest BCUT2D eigenvalue weighted by Gasteiger charge is 2.06. The van der Waals surface area contributed by atoms with Crippen LogP contribution in [0.1, 0.15) is 12.7 Å². The smallest absolute Gasteiger partial charge is 0.191 e. The molecule has 0 bridgehead atoms. The number of aryl methyl sites for hydroxylation is 1. The number of fused-ring (bicyclic) bond motifs is 1. The Morgan fingerprint density at radius 1 is 1.32 bits per heavy atom. The number of thioether (sulfide) groups is 1. The molecule has 1 aromatic carbocycles. The van der Waals surface area contributed by atoms with Crippen molar-refractivity contribution in [2.75, 3.05) is 25.1 Å². The molecule has 0 saturated carbocycles. The van der Waals surface area contributed by atoms with Crippen LogP contribution >= 0.6 is 35.7 Å². The number of halogens is 1. The Morgan fingerprint density at radius 2 is 2.09 bits per heavy atom. The maximum atomic E-state index is 4.64. The van der Waals surface area contributed by atoms with Gasteiger partial charge >= 0.3 is 0 Å². The first-order valence-electron chi connectivity index (χ1n) is 7.17. The van der Waals surface area contributed by atoms with Crippen molar-refractivity contribution in [1.29, 1.82) is 0 Å². The molecule has 0 amide bonds. The van der Waals surface area contributed by atoms with Gasteiger partial charge < -0.3 is 15.2 Å². The van der Waals surface area contributed by atoms with Crippen LogP contribution in [-0.2, 0) is 13.6 Å². The van der Waals surface area contributed by atoms with Gasteiger partial charge in [-0.1, -0.05) is 12.1 Å². The van der Waals surface area contributed by atoms with E-state index in [4.69, 9.17) is 0 Å². The molecule has 0 aliphatic carbocycles. The van der Waals surface area contributed by atoms with Gasteiger partial charge in [0, 0.05) is 25.9 Å². The van der Waals surface area contributed by atoms with Crippen LogP contribution in [0.3, 0.4) is 0 Å². The van der Waals surface area contributed by atoms with Crippen molar-refractivity contribution in [3.8, 4) is 0 Å². The maximum Gasteiger partial charge on any atom is 0.191 e. The van der Waals surface area contributed by atoms with Gasteiger partial charge in [0.25, 0.3) is 0 Å². The first-order chi connectivity index (χ1) is 10.3. The summed E-state index contributed by atoms with van der Waals surface area (Å²) in [6.45, 7) is 4.41. The zero-order valence-corrected chi connectivity index (χ0v) is 16.4. The van der Waals surface area contributed by atoms with Crippen LogP contribution in [0.2, 0.25) is 0 Å². The van der Waals surface area contributed by atoms with E-state index in [9.17, 15) is 0 Å². The third-order valence-corrected chi connectivity index (χ3v) is 3.81. The second kappa shape index (κ2) is 9.94. The predicted molar refractivity (Wildman–Crippen MR) is 107 cm³/mol. The minimum Gasteiger partial charge on any atom is -0.357 e. The Morgan fingerprint density at radius 3 is 2.77 bits per heavy atom. The molecule has 0 aliphatic rings. The van der Waals surface area contributed by atoms with Crippen LogP contribution < -0.4 is 10.6 Å². The van der Waals surface area contributed by atoms with Gasteiger partial charge in [0.1, 0.15) is 12.4 Å². The molecule has 0 unspecified atom stereocenters. The summed E-state index contributed by atoms with van der Waals surface area (Å²) in [6, 6.07) is 8.16. The molecule has 0 aliphatic heterocycles. The lowest BCUT2D eigenvalue weighted by atomic mass is 10.3. The number of aliphatic imine (C=N–C) groups is 1. The third kappa shape index (κ3) is 5.05. The van der Waals surface area contributed by atoms with Crippen LogP contribution in [0.4, 0.5) is 0 Å². The van der Waals surface area contributed by atoms with Gasteiger partial charge in [-0.25, -0.2) is 9.98 Å². The van der Waals surface area contributed by atoms with Crippen molar-refractivity contribution in [2.45, 2.75) is 13.5 Å². The fraction of sp³-hybridized carbons (Fsp3) is 0.467. The van der Waals surface area contributed by atoms with Gasteiger partial charge in [-0.15, -0.1) is 24.0 Å². The molecule has 7 heteroatoms. The Labute approximate surface area is 153 Å². The number of aromatic nitrogens is 2. The molecule has 0 atom stereocenters. The number of guanidine groups is 1. The standard InChI is InChI=1S/C15H23N5S.HI/c1-4-16-15(17-9-10-21-3)18-11-14-19-12-7-5-6-8-13(12)20(14)2;/h5-8H,4,9-11H2,1-3H3,(H2,16,17,18);1H. The van der Waals surface area contributed by atoms with E-state index in [-0.39, 0.29) is 24.0 Å². The molecule has 1 heterocycles. The summed E-state index contributed by atoms with van der Waals surface area (Å²) in [6.07, 6.45) is 2.10. The number of imidazole rings is 1. The summed E-state index contributed by atoms with van der Waals surface area (Å²) < 4.78 is 2.10. The van der Waals surface area contributed by atoms with Gasteiger partial charge in [-0.05, 0) is 25.3 Å². The molecule has 0 fully saturated rings. The van der Waals surface area contributed by atoms with Crippen LogP contribution in [-0.4, -0.2) is 40.6 Å². The van der Waals surface area contributed by atoms with Gasteiger partial charge in [0.2, 0.25) is 0 Å². The van der Waals surface area contributed by atoms with E-state index in [1.807, 2.05) is 37.0 Å². The van der Waals surface area contributed by atoms with Crippen molar-refractivity contribution in [1.82, 2.24) is 20.2 Å². The highest BCUT2D eigenvalue weighted by Crippen LogP contribution is 2.14. The predicted octanol–water partition coefficient (Wildman–Crippen LogP) is 2.61. The summed E-state index contributed by atoms with van der Waals surface area (Å²) in [5.74, 6) is 2.88. The number of hydrogen-bond acceptors (Lipinski definition) is 3. The monoisotopic (exact) mass is 433 g/mol. The lowest BCUT2D eigenvalue weighted by Crippen LogP contribution is -2.38. The fourth-order valence-corrected chi connectivity index (χ4v) is 2.41. The summed E-state index contributed by atoms with van der Waals surface area (Å²) >= 11 is 1.82. The molecular formula is C15H24IN5S. The molecule has 22 heavy (non-hydrogen) atoms. The van der Waals surface area contributed by atoms with Crippen molar-refractivity contribution in [2.24, 2.45) is 12.0 Å². The Kier molecular flexibility index (Phi) is 8.62. The first kappa shape index (κ1) is 19.1. The van der Waals surface area contributed by atoms with E-state index >= 15 is 0 Å². The zero-order valence-electron chi connectivity index (χ0n) is 13.3. The lowest BCUT2D eigenvalue weighted by molar-refractivity contribution is 0.788. The minimum atomic E-state index is 0. The van der Waals surface area contributed by atoms with E-state index < -0.39 is 0 Å². The Hall–Kier alpha value is -0.960. The molecule has 5 nitrogen and oxygen atoms in total. The van der Waals surface area contributed by atoms with Crippen LogP contribution in [0.5, 0.6) is 0 Å². The van der Waals surface area contributed by atoms with Gasteiger partial charge in [-0.3, -0.25) is 0 Å². The van der Waals surface area contributed by atoms with Crippen molar-refractivity contribution < 1.29 is 0 Å². The minimum absolute atomic E-state index is 0. The SMILES string of the molecule is CCNC(=NCc1nc2ccccc2n1C)NCCSC.I. The number of para-hydroxylation sites is 2. The van der Waals surface area contributed by atoms with E-state index in [1.54, 1.807) is 0 Å². The zero-order chi connectivity index (χ0) is 15.1. The quantitative estimate of drug-likeness (QED) is 0.318. The van der Waals surface area contributed by atoms with Crippen LogP contribution in [0.15, 0.2) is 29.3 Å². The summed E-state index contributed by atoms with van der Waals surface area (Å²) in [5, 5.41) is 6.58. The van der Waals surface area contributed by atoms with Crippen molar-refractivity contribution in [3.05, 3.63) is 30.1 Å². The molecule has 0 spiro atoms. The maximum absolute atomic E-state index is 4.64. The molecule has 0 saturated heterocycles. The number of nitrogens with one attached hydrogen (secondary N) is 2. The number of rotatable bonds is 6. The second-order valence-electron chi connectivity index (χ2n) is 4.69. The van der Waals surface area contributed by atoms with Crippen molar-refractivity contribution in [3.63, 3.8) is 0 Å². The third-order valence-electron chi connectivity index (χ3n) is 3.20. The molecular weight excluding hydrogens is 409 g/mol. The van der Waals surface area contributed by atoms with Gasteiger partial charge in [-0.2, -0.15) is 11.8 Å². The largest absolute Gasteiger partial charge is 0.357 e. The molecule has 1 aromatic heterocycles. The van der Waals surface area contributed by atoms with Crippen LogP contribution in [0, 0.1) is 0 Å². The average molecular weight is 433 g/mol. The van der Waals surface area contributed by atoms with E-state index in [1.165, 1.54) is 0 Å². The summed E-state index contributed by atoms with van der Waals surface area (Å²) in [4.78, 5) is 9.25. The number of hydrogen-bond donors (Lipinski definition) is 2. The molecule has 2 rings (SSSR count). The topological polar surface area (TPSA) is 54.2 Å². The lowest BCUT2D eigenvalue weighted by Gasteiger charge is -2.10. The van der Waals surface area contributed by atoms with Gasteiger partial charge in [0.15, 0.2) is 5.96 Å². The van der Waals surface area contributed by atoms with Gasteiger partial charge in [0.05, 0.1) is 11.0 Å². The molecule has 2 aromatic rings. The highest BCUT2D eigenvalue weighted by molar-refractivity contribution is 14.0. The summed E-state index contributed by atoms with van der Waals surface area (Å²) in [7, 11) is 2.04. The van der Waals surface area contributed by atoms with Crippen molar-refractivity contribution >= 4 is 52.7 Å². The molecule has 0 radical (unpaired) electrons. The average Bonchev–Trinajstić information content (AvgIpc) is 2.82. The number of benzene rings is 1. The highest BCUT2D eigenvalue weighted by atomic mass is 127. The van der Waals surface area contributed by atoms with Crippen LogP contribution in [0.25, 0.3) is 11.0 Å². The number of nitrogens with zero attached hydrogens (tertiary/aromatic N) is 3. The van der Waals surface area contributed by atoms with E-state index in [0.29, 0.717) is 6.54 Å². The van der Waals surface area contributed by atoms with E-state index in [2.05, 4.69) is 44.4 Å². The van der Waals surface area contributed by atoms with E-state index in [0.717, 1.165) is 41.7 Å². The molecule has 122 valence electrons. The Bertz CT molecular complexity index is 611. The normalized spacial score (nSPS) is 11.3. The molecule has 2 N–H and O–H groups in total.